The van der Waals surface area contributed by atoms with Gasteiger partial charge in [0.2, 0.25) is 0 Å². The molecule has 1 saturated heterocycles. The fraction of sp³-hybridized carbons (Fsp3) is 0.235. The fourth-order valence-electron chi connectivity index (χ4n) is 2.38. The average Bonchev–Trinajstić information content (AvgIpc) is 3.21. The van der Waals surface area contributed by atoms with Crippen LogP contribution in [0.25, 0.3) is 11.3 Å². The van der Waals surface area contributed by atoms with E-state index in [0.717, 1.165) is 16.2 Å². The lowest BCUT2D eigenvalue weighted by Crippen LogP contribution is -2.37. The van der Waals surface area contributed by atoms with Crippen LogP contribution in [0.1, 0.15) is 0 Å². The SMILES string of the molecule is CN1CC(=O)N(CC(=O)OCC(=O)Nc2nc(-c3ccc(F)cc3)cs2)C1=O. The number of urea groups is 1. The largest absolute Gasteiger partial charge is 0.454 e. The molecular formula is C17H15FN4O5S. The second-order valence-electron chi connectivity index (χ2n) is 5.87. The van der Waals surface area contributed by atoms with Crippen LogP contribution in [-0.4, -0.2) is 65.3 Å². The van der Waals surface area contributed by atoms with E-state index < -0.39 is 37.0 Å². The first-order chi connectivity index (χ1) is 13.3. The second kappa shape index (κ2) is 8.13. The first-order valence-corrected chi connectivity index (χ1v) is 8.94. The maximum Gasteiger partial charge on any atom is 0.327 e. The van der Waals surface area contributed by atoms with E-state index in [0.29, 0.717) is 11.3 Å². The summed E-state index contributed by atoms with van der Waals surface area (Å²) in [5.74, 6) is -2.37. The Kier molecular flexibility index (Phi) is 5.64. The number of nitrogens with zero attached hydrogens (tertiary/aromatic N) is 3. The molecule has 0 atom stereocenters. The lowest BCUT2D eigenvalue weighted by Gasteiger charge is -2.13. The standard InChI is InChI=1S/C17H15FN4O5S/c1-21-6-14(24)22(17(21)26)7-15(25)27-8-13(23)20-16-19-12(9-28-16)10-2-4-11(18)5-3-10/h2-5,9H,6-8H2,1H3,(H,19,20,23). The third-order valence-corrected chi connectivity index (χ3v) is 4.53. The van der Waals surface area contributed by atoms with Crippen molar-refractivity contribution in [2.75, 3.05) is 32.1 Å². The van der Waals surface area contributed by atoms with E-state index >= 15 is 0 Å². The number of imide groups is 1. The van der Waals surface area contributed by atoms with Gasteiger partial charge in [0.1, 0.15) is 18.9 Å². The monoisotopic (exact) mass is 406 g/mol. The highest BCUT2D eigenvalue weighted by molar-refractivity contribution is 7.14. The molecule has 11 heteroatoms. The van der Waals surface area contributed by atoms with Crippen LogP contribution in [-0.2, 0) is 19.1 Å². The normalized spacial score (nSPS) is 13.8. The molecule has 2 heterocycles. The van der Waals surface area contributed by atoms with Gasteiger partial charge in [0.15, 0.2) is 11.7 Å². The summed E-state index contributed by atoms with van der Waals surface area (Å²) in [7, 11) is 1.44. The summed E-state index contributed by atoms with van der Waals surface area (Å²) in [6.07, 6.45) is 0. The van der Waals surface area contributed by atoms with Gasteiger partial charge in [0.05, 0.1) is 5.69 Å². The zero-order valence-corrected chi connectivity index (χ0v) is 15.5. The molecule has 0 unspecified atom stereocenters. The van der Waals surface area contributed by atoms with Crippen LogP contribution in [0.4, 0.5) is 14.3 Å². The summed E-state index contributed by atoms with van der Waals surface area (Å²) in [5, 5.41) is 4.45. The number of halogens is 1. The number of aromatic nitrogens is 1. The van der Waals surface area contributed by atoms with Crippen LogP contribution in [0.3, 0.4) is 0 Å². The highest BCUT2D eigenvalue weighted by Crippen LogP contribution is 2.24. The van der Waals surface area contributed by atoms with Crippen molar-refractivity contribution in [3.63, 3.8) is 0 Å². The van der Waals surface area contributed by atoms with Crippen LogP contribution < -0.4 is 5.32 Å². The number of carbonyl (C=O) groups is 4. The molecule has 3 rings (SSSR count). The predicted octanol–water partition coefficient (Wildman–Crippen LogP) is 1.32. The number of thiazole rings is 1. The Morgan fingerprint density at radius 1 is 1.29 bits per heavy atom. The highest BCUT2D eigenvalue weighted by atomic mass is 32.1. The van der Waals surface area contributed by atoms with Crippen LogP contribution in [0, 0.1) is 5.82 Å². The second-order valence-corrected chi connectivity index (χ2v) is 6.73. The molecule has 0 bridgehead atoms. The number of amides is 4. The van der Waals surface area contributed by atoms with E-state index in [4.69, 9.17) is 4.74 Å². The van der Waals surface area contributed by atoms with Gasteiger partial charge in [0, 0.05) is 18.0 Å². The van der Waals surface area contributed by atoms with Gasteiger partial charge in [-0.1, -0.05) is 0 Å². The van der Waals surface area contributed by atoms with Gasteiger partial charge >= 0.3 is 12.0 Å². The Morgan fingerprint density at radius 3 is 2.64 bits per heavy atom. The number of nitrogens with one attached hydrogen (secondary N) is 1. The van der Waals surface area contributed by atoms with E-state index in [1.165, 1.54) is 24.1 Å². The van der Waals surface area contributed by atoms with Gasteiger partial charge < -0.3 is 9.64 Å². The topological polar surface area (TPSA) is 109 Å². The number of anilines is 1. The zero-order chi connectivity index (χ0) is 20.3. The molecule has 4 amide bonds. The molecule has 1 aromatic heterocycles. The molecule has 0 spiro atoms. The fourth-order valence-corrected chi connectivity index (χ4v) is 3.12. The Balaban J connectivity index is 1.48. The first-order valence-electron chi connectivity index (χ1n) is 8.06. The minimum Gasteiger partial charge on any atom is -0.454 e. The minimum atomic E-state index is -0.877. The third-order valence-electron chi connectivity index (χ3n) is 3.77. The number of hydrogen-bond donors (Lipinski definition) is 1. The summed E-state index contributed by atoms with van der Waals surface area (Å²) < 4.78 is 17.8. The number of rotatable bonds is 6. The molecule has 0 saturated carbocycles. The highest BCUT2D eigenvalue weighted by Gasteiger charge is 2.35. The number of benzene rings is 1. The van der Waals surface area contributed by atoms with Crippen LogP contribution >= 0.6 is 11.3 Å². The van der Waals surface area contributed by atoms with E-state index in [-0.39, 0.29) is 17.5 Å². The van der Waals surface area contributed by atoms with Crippen molar-refractivity contribution < 1.29 is 28.3 Å². The maximum atomic E-state index is 13.0. The summed E-state index contributed by atoms with van der Waals surface area (Å²) in [5.41, 5.74) is 1.25. The molecular weight excluding hydrogens is 391 g/mol. The van der Waals surface area contributed by atoms with Crippen LogP contribution in [0.2, 0.25) is 0 Å². The lowest BCUT2D eigenvalue weighted by molar-refractivity contribution is -0.149. The van der Waals surface area contributed by atoms with Crippen LogP contribution in [0.5, 0.6) is 0 Å². The molecule has 28 heavy (non-hydrogen) atoms. The van der Waals surface area contributed by atoms with Crippen molar-refractivity contribution >= 4 is 40.3 Å². The molecule has 1 N–H and O–H groups in total. The molecule has 2 aromatic rings. The van der Waals surface area contributed by atoms with Gasteiger partial charge in [-0.3, -0.25) is 24.6 Å². The van der Waals surface area contributed by atoms with E-state index in [2.05, 4.69) is 10.3 Å². The Labute approximate surface area is 162 Å². The van der Waals surface area contributed by atoms with Gasteiger partial charge in [-0.15, -0.1) is 11.3 Å². The molecule has 1 aliphatic heterocycles. The number of ether oxygens (including phenoxy) is 1. The maximum absolute atomic E-state index is 13.0. The van der Waals surface area contributed by atoms with Crippen molar-refractivity contribution in [1.29, 1.82) is 0 Å². The quantitative estimate of drug-likeness (QED) is 0.573. The van der Waals surface area contributed by atoms with Crippen molar-refractivity contribution in [2.24, 2.45) is 0 Å². The minimum absolute atomic E-state index is 0.104. The summed E-state index contributed by atoms with van der Waals surface area (Å²) in [6.45, 7) is -1.25. The Hall–Kier alpha value is -3.34. The van der Waals surface area contributed by atoms with Gasteiger partial charge in [-0.2, -0.15) is 0 Å². The molecule has 0 aliphatic carbocycles. The number of carbonyl (C=O) groups excluding carboxylic acids is 4. The Morgan fingerprint density at radius 2 is 2.00 bits per heavy atom. The van der Waals surface area contributed by atoms with E-state index in [1.54, 1.807) is 17.5 Å². The Bertz CT molecular complexity index is 930. The molecule has 146 valence electrons. The van der Waals surface area contributed by atoms with Crippen molar-refractivity contribution in [1.82, 2.24) is 14.8 Å². The molecule has 1 aliphatic rings. The van der Waals surface area contributed by atoms with Crippen molar-refractivity contribution in [3.8, 4) is 11.3 Å². The summed E-state index contributed by atoms with van der Waals surface area (Å²) in [6, 6.07) is 5.15. The third kappa shape index (κ3) is 4.49. The molecule has 9 nitrogen and oxygen atoms in total. The van der Waals surface area contributed by atoms with E-state index in [9.17, 15) is 23.6 Å². The van der Waals surface area contributed by atoms with Gasteiger partial charge in [-0.05, 0) is 24.3 Å². The van der Waals surface area contributed by atoms with E-state index in [1.807, 2.05) is 0 Å². The molecule has 1 fully saturated rings. The average molecular weight is 406 g/mol. The molecule has 0 radical (unpaired) electrons. The number of esters is 1. The molecule has 1 aromatic carbocycles. The van der Waals surface area contributed by atoms with Gasteiger partial charge in [0.25, 0.3) is 11.8 Å². The van der Waals surface area contributed by atoms with Gasteiger partial charge in [-0.25, -0.2) is 14.2 Å². The summed E-state index contributed by atoms with van der Waals surface area (Å²) in [4.78, 5) is 53.1. The van der Waals surface area contributed by atoms with Crippen LogP contribution in [0.15, 0.2) is 29.6 Å². The smallest absolute Gasteiger partial charge is 0.327 e. The first kappa shape index (κ1) is 19.4. The number of hydrogen-bond acceptors (Lipinski definition) is 7. The van der Waals surface area contributed by atoms with Crippen molar-refractivity contribution in [3.05, 3.63) is 35.5 Å². The summed E-state index contributed by atoms with van der Waals surface area (Å²) >= 11 is 1.16. The number of likely N-dealkylation sites (N-methyl/N-ethyl adjacent to an activating group) is 1. The lowest BCUT2D eigenvalue weighted by atomic mass is 10.2. The van der Waals surface area contributed by atoms with Crippen molar-refractivity contribution in [2.45, 2.75) is 0 Å². The predicted molar refractivity (Wildman–Crippen MR) is 96.8 cm³/mol. The zero-order valence-electron chi connectivity index (χ0n) is 14.7.